The first-order valence-electron chi connectivity index (χ1n) is 7.51. The van der Waals surface area contributed by atoms with Gasteiger partial charge in [-0.2, -0.15) is 0 Å². The van der Waals surface area contributed by atoms with Crippen molar-refractivity contribution in [1.29, 1.82) is 0 Å². The maximum absolute atomic E-state index is 13.0. The quantitative estimate of drug-likeness (QED) is 0.601. The molecule has 1 amide bonds. The molecule has 26 heavy (non-hydrogen) atoms. The number of hydrogen-bond donors (Lipinski definition) is 2. The van der Waals surface area contributed by atoms with E-state index in [1.165, 1.54) is 30.3 Å². The van der Waals surface area contributed by atoms with Gasteiger partial charge in [-0.1, -0.05) is 12.1 Å². The van der Waals surface area contributed by atoms with Gasteiger partial charge in [0.15, 0.2) is 11.5 Å². The van der Waals surface area contributed by atoms with Crippen LogP contribution in [0.5, 0.6) is 11.5 Å². The fourth-order valence-electron chi connectivity index (χ4n) is 2.34. The summed E-state index contributed by atoms with van der Waals surface area (Å²) >= 11 is 0. The highest BCUT2D eigenvalue weighted by atomic mass is 19.3. The number of nitrogens with one attached hydrogen (secondary N) is 2. The number of carbonyl (C=O) groups is 1. The number of carbonyl (C=O) groups excluding carboxylic acids is 1. The van der Waals surface area contributed by atoms with E-state index in [4.69, 9.17) is 0 Å². The van der Waals surface area contributed by atoms with E-state index in [0.717, 1.165) is 0 Å². The number of para-hydroxylation sites is 2. The Bertz CT molecular complexity index is 860. The lowest BCUT2D eigenvalue weighted by Gasteiger charge is -2.08. The summed E-state index contributed by atoms with van der Waals surface area (Å²) in [5, 5.41) is 16.3. The lowest BCUT2D eigenvalue weighted by molar-refractivity contribution is -0.384. The van der Waals surface area contributed by atoms with Crippen LogP contribution in [0.3, 0.4) is 0 Å². The maximum Gasteiger partial charge on any atom is 0.586 e. The van der Waals surface area contributed by atoms with E-state index < -0.39 is 17.1 Å². The normalized spacial score (nSPS) is 13.9. The monoisotopic (exact) mass is 365 g/mol. The minimum absolute atomic E-state index is 0.0106. The van der Waals surface area contributed by atoms with Crippen molar-refractivity contribution in [3.63, 3.8) is 0 Å². The molecule has 0 aromatic heterocycles. The van der Waals surface area contributed by atoms with Crippen molar-refractivity contribution in [3.8, 4) is 11.5 Å². The molecule has 2 aromatic carbocycles. The molecule has 0 aliphatic carbocycles. The number of halogens is 2. The van der Waals surface area contributed by atoms with Crippen LogP contribution in [-0.4, -0.2) is 23.7 Å². The molecule has 8 nitrogen and oxygen atoms in total. The Kier molecular flexibility index (Phi) is 4.57. The summed E-state index contributed by atoms with van der Waals surface area (Å²) in [6.07, 6.45) is -3.71. The van der Waals surface area contributed by atoms with E-state index in [-0.39, 0.29) is 35.8 Å². The van der Waals surface area contributed by atoms with Crippen LogP contribution in [0.2, 0.25) is 0 Å². The number of nitro groups is 1. The smallest absolute Gasteiger partial charge is 0.395 e. The Hall–Kier alpha value is -3.43. The molecule has 2 aromatic rings. The fraction of sp³-hybridized carbons (Fsp3) is 0.188. The third-order valence-electron chi connectivity index (χ3n) is 3.45. The summed E-state index contributed by atoms with van der Waals surface area (Å²) in [6.45, 7) is 0.152. The van der Waals surface area contributed by atoms with Crippen LogP contribution in [0.4, 0.5) is 25.8 Å². The third kappa shape index (κ3) is 3.97. The number of nitro benzene ring substituents is 1. The number of ether oxygens (including phenoxy) is 2. The Morgan fingerprint density at radius 2 is 1.88 bits per heavy atom. The highest BCUT2D eigenvalue weighted by Crippen LogP contribution is 2.42. The van der Waals surface area contributed by atoms with Crippen molar-refractivity contribution in [2.45, 2.75) is 12.7 Å². The Labute approximate surface area is 145 Å². The summed E-state index contributed by atoms with van der Waals surface area (Å²) < 4.78 is 34.5. The number of alkyl halides is 2. The zero-order chi connectivity index (χ0) is 18.7. The second-order valence-corrected chi connectivity index (χ2v) is 5.33. The summed E-state index contributed by atoms with van der Waals surface area (Å²) in [7, 11) is 0. The molecular formula is C16H13F2N3O5. The van der Waals surface area contributed by atoms with Gasteiger partial charge in [0.2, 0.25) is 5.91 Å². The van der Waals surface area contributed by atoms with Crippen LogP contribution in [0, 0.1) is 10.1 Å². The number of rotatable bonds is 6. The van der Waals surface area contributed by atoms with Gasteiger partial charge in [-0.15, -0.1) is 8.78 Å². The zero-order valence-electron chi connectivity index (χ0n) is 13.2. The van der Waals surface area contributed by atoms with Crippen molar-refractivity contribution in [2.24, 2.45) is 0 Å². The molecule has 1 aliphatic rings. The highest BCUT2D eigenvalue weighted by Gasteiger charge is 2.43. The van der Waals surface area contributed by atoms with Crippen molar-refractivity contribution < 1.29 is 28.0 Å². The van der Waals surface area contributed by atoms with Crippen LogP contribution in [0.15, 0.2) is 42.5 Å². The number of hydrogen-bond acceptors (Lipinski definition) is 6. The number of fused-ring (bicyclic) bond motifs is 1. The molecule has 136 valence electrons. The summed E-state index contributed by atoms with van der Waals surface area (Å²) in [5.41, 5.74) is 0.473. The van der Waals surface area contributed by atoms with Crippen molar-refractivity contribution in [2.75, 3.05) is 17.2 Å². The largest absolute Gasteiger partial charge is 0.586 e. The molecule has 0 saturated carbocycles. The number of benzene rings is 2. The van der Waals surface area contributed by atoms with Crippen LogP contribution < -0.4 is 20.1 Å². The van der Waals surface area contributed by atoms with E-state index in [9.17, 15) is 23.7 Å². The van der Waals surface area contributed by atoms with E-state index in [1.54, 1.807) is 12.1 Å². The van der Waals surface area contributed by atoms with Gasteiger partial charge in [-0.25, -0.2) is 0 Å². The minimum atomic E-state index is -3.72. The predicted molar refractivity (Wildman–Crippen MR) is 87.5 cm³/mol. The average Bonchev–Trinajstić information content (AvgIpc) is 2.88. The van der Waals surface area contributed by atoms with Gasteiger partial charge in [0.1, 0.15) is 5.69 Å². The Morgan fingerprint density at radius 3 is 2.65 bits per heavy atom. The first-order valence-corrected chi connectivity index (χ1v) is 7.51. The molecule has 2 N–H and O–H groups in total. The Balaban J connectivity index is 1.54. The standard InChI is InChI=1S/C16H13F2N3O5/c17-16(18)25-13-6-5-10(9-14(13)26-16)20-15(22)7-8-19-11-3-1-2-4-12(11)21(23)24/h1-6,9,19H,7-8H2,(H,20,22). The van der Waals surface area contributed by atoms with Gasteiger partial charge in [-0.05, 0) is 18.2 Å². The van der Waals surface area contributed by atoms with Gasteiger partial charge in [0, 0.05) is 30.8 Å². The second-order valence-electron chi connectivity index (χ2n) is 5.33. The van der Waals surface area contributed by atoms with Crippen LogP contribution in [-0.2, 0) is 4.79 Å². The minimum Gasteiger partial charge on any atom is -0.395 e. The average molecular weight is 365 g/mol. The lowest BCUT2D eigenvalue weighted by atomic mass is 10.2. The van der Waals surface area contributed by atoms with Gasteiger partial charge >= 0.3 is 6.29 Å². The first kappa shape index (κ1) is 17.4. The SMILES string of the molecule is O=C(CCNc1ccccc1[N+](=O)[O-])Nc1ccc2c(c1)OC(F)(F)O2. The molecule has 10 heteroatoms. The third-order valence-corrected chi connectivity index (χ3v) is 3.45. The van der Waals surface area contributed by atoms with Crippen LogP contribution in [0.25, 0.3) is 0 Å². The number of amides is 1. The summed E-state index contributed by atoms with van der Waals surface area (Å²) in [4.78, 5) is 22.3. The van der Waals surface area contributed by atoms with Crippen molar-refractivity contribution >= 4 is 23.0 Å². The Morgan fingerprint density at radius 1 is 1.15 bits per heavy atom. The van der Waals surface area contributed by atoms with Crippen LogP contribution in [0.1, 0.15) is 6.42 Å². The molecule has 0 fully saturated rings. The zero-order valence-corrected chi connectivity index (χ0v) is 13.2. The van der Waals surface area contributed by atoms with Gasteiger partial charge in [0.05, 0.1) is 4.92 Å². The van der Waals surface area contributed by atoms with Crippen molar-refractivity contribution in [1.82, 2.24) is 0 Å². The lowest BCUT2D eigenvalue weighted by Crippen LogP contribution is -2.25. The number of anilines is 2. The molecule has 0 bridgehead atoms. The van der Waals surface area contributed by atoms with E-state index in [2.05, 4.69) is 20.1 Å². The molecular weight excluding hydrogens is 352 g/mol. The molecule has 3 rings (SSSR count). The second kappa shape index (κ2) is 6.82. The highest BCUT2D eigenvalue weighted by molar-refractivity contribution is 5.91. The molecule has 0 saturated heterocycles. The first-order chi connectivity index (χ1) is 12.3. The maximum atomic E-state index is 13.0. The van der Waals surface area contributed by atoms with E-state index in [0.29, 0.717) is 5.69 Å². The van der Waals surface area contributed by atoms with Crippen molar-refractivity contribution in [3.05, 3.63) is 52.6 Å². The summed E-state index contributed by atoms with van der Waals surface area (Å²) in [6, 6.07) is 9.95. The van der Waals surface area contributed by atoms with Gasteiger partial charge < -0.3 is 20.1 Å². The van der Waals surface area contributed by atoms with Crippen LogP contribution >= 0.6 is 0 Å². The topological polar surface area (TPSA) is 103 Å². The molecule has 0 unspecified atom stereocenters. The molecule has 1 heterocycles. The molecule has 1 aliphatic heterocycles. The van der Waals surface area contributed by atoms with Gasteiger partial charge in [0.25, 0.3) is 5.69 Å². The molecule has 0 radical (unpaired) electrons. The molecule has 0 atom stereocenters. The van der Waals surface area contributed by atoms with E-state index in [1.807, 2.05) is 0 Å². The number of nitrogens with zero attached hydrogens (tertiary/aromatic N) is 1. The predicted octanol–water partition coefficient (Wildman–Crippen LogP) is 3.36. The van der Waals surface area contributed by atoms with Gasteiger partial charge in [-0.3, -0.25) is 14.9 Å². The fourth-order valence-corrected chi connectivity index (χ4v) is 2.34. The van der Waals surface area contributed by atoms with E-state index >= 15 is 0 Å². The molecule has 0 spiro atoms. The summed E-state index contributed by atoms with van der Waals surface area (Å²) in [5.74, 6) is -0.696.